The van der Waals surface area contributed by atoms with Gasteiger partial charge >= 0.3 is 5.97 Å². The van der Waals surface area contributed by atoms with E-state index < -0.39 is 17.9 Å². The molecule has 2 heterocycles. The molecule has 3 rings (SSSR count). The van der Waals surface area contributed by atoms with Gasteiger partial charge in [-0.1, -0.05) is 23.7 Å². The number of carbonyl (C=O) groups is 2. The van der Waals surface area contributed by atoms with Crippen molar-refractivity contribution in [2.24, 2.45) is 0 Å². The fourth-order valence-corrected chi connectivity index (χ4v) is 2.68. The van der Waals surface area contributed by atoms with E-state index in [1.165, 1.54) is 11.0 Å². The van der Waals surface area contributed by atoms with Crippen LogP contribution in [0, 0.1) is 0 Å². The highest BCUT2D eigenvalue weighted by Gasteiger charge is 2.34. The Morgan fingerprint density at radius 2 is 2.00 bits per heavy atom. The van der Waals surface area contributed by atoms with Gasteiger partial charge in [-0.15, -0.1) is 0 Å². The molecule has 0 saturated carbocycles. The molecule has 1 fully saturated rings. The summed E-state index contributed by atoms with van der Waals surface area (Å²) in [6.07, 6.45) is 0. The standard InChI is InChI=1S/C16H14ClNO5/c17-11-4-2-1-3-10(11)13-5-6-14(23-13)15(19)18-7-8-22-9-12(18)16(20)21/h1-6,12H,7-9H2,(H,20,21). The van der Waals surface area contributed by atoms with Gasteiger partial charge in [0.05, 0.1) is 18.2 Å². The van der Waals surface area contributed by atoms with E-state index in [1.807, 2.05) is 6.07 Å². The van der Waals surface area contributed by atoms with Crippen LogP contribution in [0.2, 0.25) is 5.02 Å². The Morgan fingerprint density at radius 3 is 2.74 bits per heavy atom. The van der Waals surface area contributed by atoms with E-state index in [0.29, 0.717) is 23.0 Å². The molecule has 1 aromatic heterocycles. The van der Waals surface area contributed by atoms with Gasteiger partial charge in [0.25, 0.3) is 5.91 Å². The number of halogens is 1. The van der Waals surface area contributed by atoms with E-state index in [4.69, 9.17) is 20.8 Å². The zero-order valence-electron chi connectivity index (χ0n) is 12.1. The number of ether oxygens (including phenoxy) is 1. The average molecular weight is 336 g/mol. The lowest BCUT2D eigenvalue weighted by atomic mass is 10.2. The third-order valence-corrected chi connectivity index (χ3v) is 3.96. The highest BCUT2D eigenvalue weighted by atomic mass is 35.5. The highest BCUT2D eigenvalue weighted by molar-refractivity contribution is 6.33. The predicted octanol–water partition coefficient (Wildman–Crippen LogP) is 2.53. The second-order valence-electron chi connectivity index (χ2n) is 5.07. The van der Waals surface area contributed by atoms with Crippen LogP contribution in [0.25, 0.3) is 11.3 Å². The molecule has 2 aromatic rings. The molecular formula is C16H14ClNO5. The van der Waals surface area contributed by atoms with Gasteiger partial charge in [0, 0.05) is 12.1 Å². The molecular weight excluding hydrogens is 322 g/mol. The quantitative estimate of drug-likeness (QED) is 0.932. The first-order valence-corrected chi connectivity index (χ1v) is 7.42. The number of carboxylic acid groups (broad SMARTS) is 1. The normalized spacial score (nSPS) is 18.0. The van der Waals surface area contributed by atoms with Crippen LogP contribution >= 0.6 is 11.6 Å². The Bertz CT molecular complexity index is 742. The van der Waals surface area contributed by atoms with Crippen molar-refractivity contribution in [2.45, 2.75) is 6.04 Å². The Balaban J connectivity index is 1.86. The van der Waals surface area contributed by atoms with Gasteiger partial charge < -0.3 is 19.2 Å². The van der Waals surface area contributed by atoms with Crippen LogP contribution in [-0.2, 0) is 9.53 Å². The molecule has 0 aliphatic carbocycles. The average Bonchev–Trinajstić information content (AvgIpc) is 3.04. The molecule has 1 atom stereocenters. The molecule has 120 valence electrons. The summed E-state index contributed by atoms with van der Waals surface area (Å²) in [5.41, 5.74) is 0.671. The van der Waals surface area contributed by atoms with Crippen molar-refractivity contribution in [3.05, 3.63) is 47.2 Å². The van der Waals surface area contributed by atoms with E-state index in [1.54, 1.807) is 24.3 Å². The molecule has 1 unspecified atom stereocenters. The minimum absolute atomic E-state index is 0.0286. The lowest BCUT2D eigenvalue weighted by molar-refractivity contribution is -0.147. The number of aliphatic carboxylic acids is 1. The van der Waals surface area contributed by atoms with Gasteiger partial charge in [-0.25, -0.2) is 4.79 Å². The molecule has 0 bridgehead atoms. The van der Waals surface area contributed by atoms with E-state index >= 15 is 0 Å². The molecule has 1 aromatic carbocycles. The number of furan rings is 1. The Hall–Kier alpha value is -2.31. The minimum Gasteiger partial charge on any atom is -0.480 e. The van der Waals surface area contributed by atoms with Crippen molar-refractivity contribution in [2.75, 3.05) is 19.8 Å². The molecule has 1 aliphatic rings. The maximum Gasteiger partial charge on any atom is 0.328 e. The van der Waals surface area contributed by atoms with Crippen LogP contribution in [0.3, 0.4) is 0 Å². The molecule has 0 spiro atoms. The number of nitrogens with zero attached hydrogens (tertiary/aromatic N) is 1. The maximum atomic E-state index is 12.5. The first kappa shape index (κ1) is 15.6. The smallest absolute Gasteiger partial charge is 0.328 e. The van der Waals surface area contributed by atoms with Crippen LogP contribution < -0.4 is 0 Å². The Morgan fingerprint density at radius 1 is 1.22 bits per heavy atom. The number of amides is 1. The second-order valence-corrected chi connectivity index (χ2v) is 5.48. The highest BCUT2D eigenvalue weighted by Crippen LogP contribution is 2.29. The first-order chi connectivity index (χ1) is 11.1. The third-order valence-electron chi connectivity index (χ3n) is 3.63. The molecule has 23 heavy (non-hydrogen) atoms. The summed E-state index contributed by atoms with van der Waals surface area (Å²) in [6.45, 7) is 0.477. The number of carboxylic acids is 1. The summed E-state index contributed by atoms with van der Waals surface area (Å²) in [5.74, 6) is -1.04. The van der Waals surface area contributed by atoms with Gasteiger partial charge in [-0.2, -0.15) is 0 Å². The van der Waals surface area contributed by atoms with Gasteiger partial charge in [-0.3, -0.25) is 4.79 Å². The van der Waals surface area contributed by atoms with Gasteiger partial charge in [0.15, 0.2) is 11.8 Å². The minimum atomic E-state index is -1.10. The van der Waals surface area contributed by atoms with Crippen molar-refractivity contribution in [3.63, 3.8) is 0 Å². The van der Waals surface area contributed by atoms with Crippen molar-refractivity contribution >= 4 is 23.5 Å². The number of benzene rings is 1. The Labute approximate surface area is 137 Å². The van der Waals surface area contributed by atoms with Gasteiger partial charge in [-0.05, 0) is 24.3 Å². The lowest BCUT2D eigenvalue weighted by Gasteiger charge is -2.32. The topological polar surface area (TPSA) is 80.0 Å². The molecule has 1 saturated heterocycles. The van der Waals surface area contributed by atoms with Crippen molar-refractivity contribution in [3.8, 4) is 11.3 Å². The van der Waals surface area contributed by atoms with Gasteiger partial charge in [0.1, 0.15) is 5.76 Å². The third kappa shape index (κ3) is 3.09. The zero-order valence-corrected chi connectivity index (χ0v) is 12.8. The van der Waals surface area contributed by atoms with Crippen LogP contribution in [0.4, 0.5) is 0 Å². The first-order valence-electron chi connectivity index (χ1n) is 7.04. The van der Waals surface area contributed by atoms with Crippen LogP contribution in [0.15, 0.2) is 40.8 Å². The van der Waals surface area contributed by atoms with Crippen LogP contribution in [0.1, 0.15) is 10.6 Å². The largest absolute Gasteiger partial charge is 0.480 e. The zero-order chi connectivity index (χ0) is 16.4. The lowest BCUT2D eigenvalue weighted by Crippen LogP contribution is -2.52. The van der Waals surface area contributed by atoms with E-state index in [2.05, 4.69) is 0 Å². The molecule has 1 aliphatic heterocycles. The summed E-state index contributed by atoms with van der Waals surface area (Å²) in [6, 6.07) is 9.28. The Kier molecular flexibility index (Phi) is 4.36. The molecule has 0 radical (unpaired) electrons. The van der Waals surface area contributed by atoms with Crippen LogP contribution in [-0.4, -0.2) is 47.7 Å². The monoisotopic (exact) mass is 335 g/mol. The molecule has 1 N–H and O–H groups in total. The number of hydrogen-bond acceptors (Lipinski definition) is 4. The van der Waals surface area contributed by atoms with E-state index in [9.17, 15) is 14.7 Å². The summed E-state index contributed by atoms with van der Waals surface area (Å²) in [5, 5.41) is 9.71. The molecule has 6 nitrogen and oxygen atoms in total. The van der Waals surface area contributed by atoms with Crippen molar-refractivity contribution < 1.29 is 23.8 Å². The number of hydrogen-bond donors (Lipinski definition) is 1. The predicted molar refractivity (Wildman–Crippen MR) is 82.4 cm³/mol. The van der Waals surface area contributed by atoms with Crippen LogP contribution in [0.5, 0.6) is 0 Å². The molecule has 7 heteroatoms. The number of rotatable bonds is 3. The second kappa shape index (κ2) is 6.44. The SMILES string of the molecule is O=C(O)C1COCCN1C(=O)c1ccc(-c2ccccc2Cl)o1. The molecule has 1 amide bonds. The van der Waals surface area contributed by atoms with Gasteiger partial charge in [0.2, 0.25) is 0 Å². The summed E-state index contributed by atoms with van der Waals surface area (Å²) < 4.78 is 10.7. The summed E-state index contributed by atoms with van der Waals surface area (Å²) >= 11 is 6.11. The van der Waals surface area contributed by atoms with Crippen molar-refractivity contribution in [1.82, 2.24) is 4.90 Å². The van der Waals surface area contributed by atoms with E-state index in [0.717, 1.165) is 0 Å². The summed E-state index contributed by atoms with van der Waals surface area (Å²) in [7, 11) is 0. The fraction of sp³-hybridized carbons (Fsp3) is 0.250. The number of carbonyl (C=O) groups excluding carboxylic acids is 1. The maximum absolute atomic E-state index is 12.5. The summed E-state index contributed by atoms with van der Waals surface area (Å²) in [4.78, 5) is 25.0. The van der Waals surface area contributed by atoms with Crippen molar-refractivity contribution in [1.29, 1.82) is 0 Å². The fourth-order valence-electron chi connectivity index (χ4n) is 2.45. The van der Waals surface area contributed by atoms with E-state index in [-0.39, 0.29) is 18.9 Å². The number of morpholine rings is 1.